The molecule has 30 heavy (non-hydrogen) atoms. The van der Waals surface area contributed by atoms with Crippen LogP contribution in [0.3, 0.4) is 0 Å². The van der Waals surface area contributed by atoms with Crippen molar-refractivity contribution >= 4 is 40.4 Å². The van der Waals surface area contributed by atoms with Gasteiger partial charge in [0.2, 0.25) is 6.04 Å². The van der Waals surface area contributed by atoms with Crippen LogP contribution in [0.2, 0.25) is 5.02 Å². The molecule has 0 fully saturated rings. The number of amides is 1. The molecule has 1 amide bonds. The molecular weight excluding hydrogens is 416 g/mol. The van der Waals surface area contributed by atoms with Crippen molar-refractivity contribution in [1.29, 1.82) is 0 Å². The van der Waals surface area contributed by atoms with Crippen LogP contribution in [-0.2, 0) is 9.59 Å². The van der Waals surface area contributed by atoms with E-state index in [1.165, 1.54) is 38.5 Å². The molecule has 158 valence electrons. The zero-order chi connectivity index (χ0) is 22.4. The van der Waals surface area contributed by atoms with Crippen molar-refractivity contribution < 1.29 is 24.0 Å². The van der Waals surface area contributed by atoms with Crippen LogP contribution < -0.4 is 14.8 Å². The normalized spacial score (nSPS) is 11.8. The van der Waals surface area contributed by atoms with Crippen molar-refractivity contribution in [2.24, 2.45) is 10.2 Å². The summed E-state index contributed by atoms with van der Waals surface area (Å²) >= 11 is 6.18. The molecule has 2 aromatic carbocycles. The van der Waals surface area contributed by atoms with E-state index < -0.39 is 22.7 Å². The minimum atomic E-state index is -1.55. The number of carbonyl (C=O) groups excluding carboxylic acids is 2. The van der Waals surface area contributed by atoms with Crippen molar-refractivity contribution in [1.82, 2.24) is 0 Å². The van der Waals surface area contributed by atoms with Crippen LogP contribution in [0.4, 0.5) is 17.1 Å². The highest BCUT2D eigenvalue weighted by Crippen LogP contribution is 2.37. The maximum Gasteiger partial charge on any atom is 0.296 e. The smallest absolute Gasteiger partial charge is 0.296 e. The Morgan fingerprint density at radius 3 is 2.47 bits per heavy atom. The molecule has 0 aliphatic rings. The van der Waals surface area contributed by atoms with Gasteiger partial charge >= 0.3 is 0 Å². The highest BCUT2D eigenvalue weighted by Gasteiger charge is 2.26. The molecule has 0 saturated carbocycles. The number of anilines is 1. The Bertz CT molecular complexity index is 1020. The number of ketones is 1. The number of aryl methyl sites for hydroxylation is 1. The first-order valence-electron chi connectivity index (χ1n) is 8.56. The van der Waals surface area contributed by atoms with Gasteiger partial charge in [-0.15, -0.1) is 5.11 Å². The second kappa shape index (κ2) is 9.79. The average molecular weight is 435 g/mol. The van der Waals surface area contributed by atoms with Crippen molar-refractivity contribution in [2.75, 3.05) is 19.5 Å². The number of hydrogen-bond donors (Lipinski definition) is 1. The lowest BCUT2D eigenvalue weighted by atomic mass is 10.2. The van der Waals surface area contributed by atoms with E-state index in [0.717, 1.165) is 6.92 Å². The number of nitro groups is 1. The summed E-state index contributed by atoms with van der Waals surface area (Å²) in [5.74, 6) is -0.827. The lowest BCUT2D eigenvalue weighted by Crippen LogP contribution is -2.32. The first-order chi connectivity index (χ1) is 14.2. The van der Waals surface area contributed by atoms with Gasteiger partial charge in [0.25, 0.3) is 11.6 Å². The Morgan fingerprint density at radius 1 is 1.20 bits per heavy atom. The van der Waals surface area contributed by atoms with Gasteiger partial charge in [0, 0.05) is 18.2 Å². The van der Waals surface area contributed by atoms with E-state index in [0.29, 0.717) is 11.3 Å². The molecule has 0 heterocycles. The van der Waals surface area contributed by atoms with Crippen LogP contribution >= 0.6 is 11.6 Å². The number of carbonyl (C=O) groups is 2. The number of nitrogens with one attached hydrogen (secondary N) is 1. The predicted molar refractivity (Wildman–Crippen MR) is 110 cm³/mol. The number of hydrogen-bond acceptors (Lipinski definition) is 8. The number of nitrogens with zero attached hydrogens (tertiary/aromatic N) is 3. The van der Waals surface area contributed by atoms with E-state index in [2.05, 4.69) is 15.5 Å². The van der Waals surface area contributed by atoms with Crippen LogP contribution in [0, 0.1) is 17.0 Å². The summed E-state index contributed by atoms with van der Waals surface area (Å²) in [4.78, 5) is 35.2. The lowest BCUT2D eigenvalue weighted by Gasteiger charge is -2.15. The largest absolute Gasteiger partial charge is 0.497 e. The van der Waals surface area contributed by atoms with Crippen LogP contribution in [0.1, 0.15) is 12.5 Å². The zero-order valence-corrected chi connectivity index (χ0v) is 17.4. The highest BCUT2D eigenvalue weighted by atomic mass is 35.5. The van der Waals surface area contributed by atoms with Gasteiger partial charge in [-0.05, 0) is 25.5 Å². The number of rotatable bonds is 8. The van der Waals surface area contributed by atoms with Gasteiger partial charge in [0.05, 0.1) is 24.2 Å². The third-order valence-corrected chi connectivity index (χ3v) is 4.27. The van der Waals surface area contributed by atoms with Crippen LogP contribution in [0.15, 0.2) is 40.6 Å². The number of benzene rings is 2. The maximum atomic E-state index is 12.7. The summed E-state index contributed by atoms with van der Waals surface area (Å²) in [7, 11) is 2.82. The molecule has 2 aromatic rings. The molecule has 11 heteroatoms. The Balaban J connectivity index is 2.34. The number of nitro benzene ring substituents is 1. The molecule has 1 N–H and O–H groups in total. The molecule has 0 aromatic heterocycles. The monoisotopic (exact) mass is 434 g/mol. The van der Waals surface area contributed by atoms with Crippen molar-refractivity contribution in [3.05, 3.63) is 51.0 Å². The molecule has 2 rings (SSSR count). The third kappa shape index (κ3) is 5.29. The van der Waals surface area contributed by atoms with Gasteiger partial charge in [-0.1, -0.05) is 17.7 Å². The molecule has 10 nitrogen and oxygen atoms in total. The first-order valence-corrected chi connectivity index (χ1v) is 8.94. The molecule has 1 atom stereocenters. The maximum absolute atomic E-state index is 12.7. The Hall–Kier alpha value is -3.53. The quantitative estimate of drug-likeness (QED) is 0.285. The minimum absolute atomic E-state index is 0.0790. The van der Waals surface area contributed by atoms with E-state index in [-0.39, 0.29) is 27.8 Å². The minimum Gasteiger partial charge on any atom is -0.497 e. The van der Waals surface area contributed by atoms with Crippen LogP contribution in [0.5, 0.6) is 11.5 Å². The van der Waals surface area contributed by atoms with E-state index in [1.54, 1.807) is 13.0 Å². The fraction of sp³-hybridized carbons (Fsp3) is 0.263. The summed E-state index contributed by atoms with van der Waals surface area (Å²) in [6, 6.07) is 5.72. The van der Waals surface area contributed by atoms with Gasteiger partial charge < -0.3 is 14.8 Å². The molecule has 0 aliphatic heterocycles. The van der Waals surface area contributed by atoms with Gasteiger partial charge in [0.1, 0.15) is 17.2 Å². The molecule has 0 radical (unpaired) electrons. The number of methoxy groups -OCH3 is 2. The molecule has 0 spiro atoms. The Morgan fingerprint density at radius 2 is 1.90 bits per heavy atom. The van der Waals surface area contributed by atoms with Crippen molar-refractivity contribution in [3.8, 4) is 11.5 Å². The summed E-state index contributed by atoms with van der Waals surface area (Å²) in [6.45, 7) is 2.84. The molecule has 1 unspecified atom stereocenters. The number of azo groups is 1. The predicted octanol–water partition coefficient (Wildman–Crippen LogP) is 4.25. The fourth-order valence-electron chi connectivity index (χ4n) is 2.45. The van der Waals surface area contributed by atoms with E-state index >= 15 is 0 Å². The van der Waals surface area contributed by atoms with E-state index in [9.17, 15) is 19.7 Å². The summed E-state index contributed by atoms with van der Waals surface area (Å²) in [6.07, 6.45) is 0. The second-order valence-electron chi connectivity index (χ2n) is 6.15. The topological polar surface area (TPSA) is 132 Å². The second-order valence-corrected chi connectivity index (χ2v) is 6.56. The molecular formula is C19H19ClN4O6. The van der Waals surface area contributed by atoms with Gasteiger partial charge in [-0.25, -0.2) is 0 Å². The first kappa shape index (κ1) is 22.8. The van der Waals surface area contributed by atoms with Crippen molar-refractivity contribution in [3.63, 3.8) is 0 Å². The summed E-state index contributed by atoms with van der Waals surface area (Å²) < 4.78 is 10.3. The highest BCUT2D eigenvalue weighted by molar-refractivity contribution is 6.34. The standard InChI is InChI=1S/C19H19ClN4O6/c1-10-5-6-14(15(7-10)24(27)28)22-23-17(11(2)25)19(26)21-18-13(20)8-12(29-3)9-16(18)30-4/h5-9,17H,1-4H3,(H,21,26). The van der Waals surface area contributed by atoms with Crippen LogP contribution in [-0.4, -0.2) is 36.9 Å². The van der Waals surface area contributed by atoms with Gasteiger partial charge in [0.15, 0.2) is 11.5 Å². The fourth-order valence-corrected chi connectivity index (χ4v) is 2.70. The zero-order valence-electron chi connectivity index (χ0n) is 16.6. The number of halogens is 1. The summed E-state index contributed by atoms with van der Waals surface area (Å²) in [5.41, 5.74) is 0.404. The molecule has 0 bridgehead atoms. The molecule has 0 saturated heterocycles. The van der Waals surface area contributed by atoms with Gasteiger partial charge in [-0.3, -0.25) is 19.7 Å². The number of Topliss-reactive ketones (excluding diaryl/α,β-unsaturated/α-hetero) is 1. The summed E-state index contributed by atoms with van der Waals surface area (Å²) in [5, 5.41) is 21.3. The number of ether oxygens (including phenoxy) is 2. The van der Waals surface area contributed by atoms with E-state index in [4.69, 9.17) is 21.1 Å². The SMILES string of the molecule is COc1cc(Cl)c(NC(=O)C(N=Nc2ccc(C)cc2[N+](=O)[O-])C(C)=O)c(OC)c1. The Labute approximate surface area is 177 Å². The van der Waals surface area contributed by atoms with Crippen molar-refractivity contribution in [2.45, 2.75) is 19.9 Å². The van der Waals surface area contributed by atoms with Crippen LogP contribution in [0.25, 0.3) is 0 Å². The van der Waals surface area contributed by atoms with E-state index in [1.807, 2.05) is 0 Å². The van der Waals surface area contributed by atoms with Gasteiger partial charge in [-0.2, -0.15) is 5.11 Å². The average Bonchev–Trinajstić information content (AvgIpc) is 2.69. The lowest BCUT2D eigenvalue weighted by molar-refractivity contribution is -0.384. The third-order valence-electron chi connectivity index (χ3n) is 3.97. The Kier molecular flexibility index (Phi) is 7.43. The molecule has 0 aliphatic carbocycles.